The fraction of sp³-hybridized carbons (Fsp3) is 0.562. The Morgan fingerprint density at radius 2 is 2.14 bits per heavy atom. The summed E-state index contributed by atoms with van der Waals surface area (Å²) >= 11 is 1.39. The summed E-state index contributed by atoms with van der Waals surface area (Å²) in [4.78, 5) is 30.9. The third-order valence-corrected chi connectivity index (χ3v) is 4.40. The molecule has 2 amide bonds. The third kappa shape index (κ3) is 4.00. The number of anilines is 1. The van der Waals surface area contributed by atoms with Crippen molar-refractivity contribution in [2.75, 3.05) is 11.4 Å². The van der Waals surface area contributed by atoms with E-state index in [0.717, 1.165) is 10.7 Å². The summed E-state index contributed by atoms with van der Waals surface area (Å²) in [5.74, 6) is 0.257. The van der Waals surface area contributed by atoms with Gasteiger partial charge in [-0.1, -0.05) is 25.6 Å². The van der Waals surface area contributed by atoms with Crippen LogP contribution in [-0.2, 0) is 9.59 Å². The van der Waals surface area contributed by atoms with Crippen LogP contribution in [0.2, 0.25) is 0 Å². The molecule has 120 valence electrons. The van der Waals surface area contributed by atoms with Gasteiger partial charge in [-0.3, -0.25) is 9.59 Å². The molecular weight excluding hydrogens is 298 g/mol. The van der Waals surface area contributed by atoms with Crippen LogP contribution >= 0.6 is 11.8 Å². The predicted octanol–water partition coefficient (Wildman–Crippen LogP) is 2.46. The molecule has 0 aromatic carbocycles. The number of fused-ring (bicyclic) bond motifs is 1. The van der Waals surface area contributed by atoms with E-state index in [1.807, 2.05) is 26.0 Å². The lowest BCUT2D eigenvalue weighted by atomic mass is 10.1. The molecule has 1 atom stereocenters. The minimum Gasteiger partial charge on any atom is -0.354 e. The van der Waals surface area contributed by atoms with E-state index in [4.69, 9.17) is 0 Å². The summed E-state index contributed by atoms with van der Waals surface area (Å²) in [6, 6.07) is 3.83. The molecule has 1 aliphatic rings. The van der Waals surface area contributed by atoms with Crippen LogP contribution in [0, 0.1) is 5.92 Å². The first-order chi connectivity index (χ1) is 10.4. The van der Waals surface area contributed by atoms with E-state index in [1.165, 1.54) is 11.8 Å². The second-order valence-electron chi connectivity index (χ2n) is 6.20. The van der Waals surface area contributed by atoms with Gasteiger partial charge in [0.1, 0.15) is 5.03 Å². The van der Waals surface area contributed by atoms with E-state index >= 15 is 0 Å². The topological polar surface area (TPSA) is 62.3 Å². The number of aromatic nitrogens is 1. The second kappa shape index (κ2) is 7.13. The number of thioether (sulfide) groups is 1. The SMILES string of the molecule is CC(C)CN1C(=O)[C@H](CC(=O)NC(C)C)Sc2ncccc21. The average Bonchev–Trinajstić information content (AvgIpc) is 2.42. The maximum atomic E-state index is 12.7. The number of hydrogen-bond donors (Lipinski definition) is 1. The fourth-order valence-corrected chi connectivity index (χ4v) is 3.54. The average molecular weight is 321 g/mol. The van der Waals surface area contributed by atoms with Gasteiger partial charge in [0, 0.05) is 25.2 Å². The molecule has 0 saturated heterocycles. The molecular formula is C16H23N3O2S. The van der Waals surface area contributed by atoms with Crippen molar-refractivity contribution in [3.05, 3.63) is 18.3 Å². The molecule has 22 heavy (non-hydrogen) atoms. The maximum absolute atomic E-state index is 12.7. The van der Waals surface area contributed by atoms with E-state index in [1.54, 1.807) is 11.1 Å². The van der Waals surface area contributed by atoms with E-state index < -0.39 is 5.25 Å². The first kappa shape index (κ1) is 16.8. The zero-order chi connectivity index (χ0) is 16.3. The summed E-state index contributed by atoms with van der Waals surface area (Å²) in [5, 5.41) is 3.27. The Hall–Kier alpha value is -1.56. The van der Waals surface area contributed by atoms with Crippen LogP contribution in [0.1, 0.15) is 34.1 Å². The Morgan fingerprint density at radius 1 is 1.41 bits per heavy atom. The van der Waals surface area contributed by atoms with Crippen LogP contribution in [0.4, 0.5) is 5.69 Å². The van der Waals surface area contributed by atoms with Crippen molar-refractivity contribution in [2.45, 2.75) is 50.4 Å². The molecule has 1 N–H and O–H groups in total. The summed E-state index contributed by atoms with van der Waals surface area (Å²) in [6.07, 6.45) is 1.91. The highest BCUT2D eigenvalue weighted by Crippen LogP contribution is 2.38. The van der Waals surface area contributed by atoms with Gasteiger partial charge in [0.25, 0.3) is 0 Å². The zero-order valence-corrected chi connectivity index (χ0v) is 14.3. The van der Waals surface area contributed by atoms with Crippen LogP contribution in [0.3, 0.4) is 0 Å². The molecule has 0 bridgehead atoms. The Bertz CT molecular complexity index is 560. The fourth-order valence-electron chi connectivity index (χ4n) is 2.39. The van der Waals surface area contributed by atoms with Gasteiger partial charge in [-0.25, -0.2) is 4.98 Å². The minimum absolute atomic E-state index is 0.00175. The molecule has 1 aliphatic heterocycles. The van der Waals surface area contributed by atoms with Gasteiger partial charge in [-0.15, -0.1) is 0 Å². The quantitative estimate of drug-likeness (QED) is 0.905. The third-order valence-electron chi connectivity index (χ3n) is 3.21. The van der Waals surface area contributed by atoms with Crippen molar-refractivity contribution in [3.8, 4) is 0 Å². The molecule has 1 aromatic heterocycles. The van der Waals surface area contributed by atoms with Crippen molar-refractivity contribution in [1.29, 1.82) is 0 Å². The highest BCUT2D eigenvalue weighted by Gasteiger charge is 2.35. The summed E-state index contributed by atoms with van der Waals surface area (Å²) in [7, 11) is 0. The molecule has 0 aliphatic carbocycles. The molecule has 0 fully saturated rings. The number of nitrogens with zero attached hydrogens (tertiary/aromatic N) is 2. The summed E-state index contributed by atoms with van der Waals surface area (Å²) in [5.41, 5.74) is 0.853. The highest BCUT2D eigenvalue weighted by atomic mass is 32.2. The molecule has 2 heterocycles. The Morgan fingerprint density at radius 3 is 2.77 bits per heavy atom. The lowest BCUT2D eigenvalue weighted by Gasteiger charge is -2.33. The normalized spacial score (nSPS) is 17.8. The molecule has 1 aromatic rings. The number of rotatable bonds is 5. The van der Waals surface area contributed by atoms with Crippen LogP contribution in [0.25, 0.3) is 0 Å². The van der Waals surface area contributed by atoms with Crippen molar-refractivity contribution in [1.82, 2.24) is 10.3 Å². The zero-order valence-electron chi connectivity index (χ0n) is 13.5. The minimum atomic E-state index is -0.403. The molecule has 0 spiro atoms. The van der Waals surface area contributed by atoms with Gasteiger partial charge in [0.05, 0.1) is 10.9 Å². The van der Waals surface area contributed by atoms with Crippen LogP contribution in [-0.4, -0.2) is 34.6 Å². The number of hydrogen-bond acceptors (Lipinski definition) is 4. The number of amides is 2. The standard InChI is InChI=1S/C16H23N3O2S/c1-10(2)9-19-12-6-5-7-17-15(12)22-13(16(19)21)8-14(20)18-11(3)4/h5-7,10-11,13H,8-9H2,1-4H3,(H,18,20)/t13-/m0/s1. The van der Waals surface area contributed by atoms with Crippen molar-refractivity contribution in [3.63, 3.8) is 0 Å². The van der Waals surface area contributed by atoms with E-state index in [0.29, 0.717) is 12.5 Å². The molecule has 0 unspecified atom stereocenters. The van der Waals surface area contributed by atoms with E-state index in [-0.39, 0.29) is 24.3 Å². The Kier molecular flexibility index (Phi) is 5.45. The molecule has 2 rings (SSSR count). The van der Waals surface area contributed by atoms with E-state index in [2.05, 4.69) is 24.1 Å². The number of nitrogens with one attached hydrogen (secondary N) is 1. The predicted molar refractivity (Wildman–Crippen MR) is 89.0 cm³/mol. The molecule has 6 heteroatoms. The molecule has 0 saturated carbocycles. The van der Waals surface area contributed by atoms with Crippen LogP contribution < -0.4 is 10.2 Å². The summed E-state index contributed by atoms with van der Waals surface area (Å²) in [6.45, 7) is 8.61. The van der Waals surface area contributed by atoms with Crippen LogP contribution in [0.15, 0.2) is 23.4 Å². The van der Waals surface area contributed by atoms with Gasteiger partial charge in [0.2, 0.25) is 11.8 Å². The van der Waals surface area contributed by atoms with Gasteiger partial charge in [0.15, 0.2) is 0 Å². The lowest BCUT2D eigenvalue weighted by molar-refractivity contribution is -0.125. The smallest absolute Gasteiger partial charge is 0.241 e. The first-order valence-electron chi connectivity index (χ1n) is 7.61. The molecule has 5 nitrogen and oxygen atoms in total. The van der Waals surface area contributed by atoms with Crippen molar-refractivity contribution < 1.29 is 9.59 Å². The lowest BCUT2D eigenvalue weighted by Crippen LogP contribution is -2.45. The summed E-state index contributed by atoms with van der Waals surface area (Å²) < 4.78 is 0. The van der Waals surface area contributed by atoms with Crippen LogP contribution in [0.5, 0.6) is 0 Å². The van der Waals surface area contributed by atoms with Gasteiger partial charge < -0.3 is 10.2 Å². The van der Waals surface area contributed by atoms with Gasteiger partial charge >= 0.3 is 0 Å². The number of carbonyl (C=O) groups is 2. The maximum Gasteiger partial charge on any atom is 0.241 e. The number of carbonyl (C=O) groups excluding carboxylic acids is 2. The van der Waals surface area contributed by atoms with Gasteiger partial charge in [-0.2, -0.15) is 0 Å². The van der Waals surface area contributed by atoms with E-state index in [9.17, 15) is 9.59 Å². The monoisotopic (exact) mass is 321 g/mol. The molecule has 0 radical (unpaired) electrons. The second-order valence-corrected chi connectivity index (χ2v) is 7.39. The Balaban J connectivity index is 2.21. The number of pyridine rings is 1. The highest BCUT2D eigenvalue weighted by molar-refractivity contribution is 8.00. The largest absolute Gasteiger partial charge is 0.354 e. The van der Waals surface area contributed by atoms with Crippen molar-refractivity contribution >= 4 is 29.3 Å². The van der Waals surface area contributed by atoms with Crippen molar-refractivity contribution in [2.24, 2.45) is 5.92 Å². The van der Waals surface area contributed by atoms with Gasteiger partial charge in [-0.05, 0) is 31.9 Å². The Labute approximate surface area is 135 Å². The first-order valence-corrected chi connectivity index (χ1v) is 8.49.